The second kappa shape index (κ2) is 7.59. The summed E-state index contributed by atoms with van der Waals surface area (Å²) in [6.07, 6.45) is 1.66. The summed E-state index contributed by atoms with van der Waals surface area (Å²) in [5.74, 6) is -0.0170. The standard InChI is InChI=1S/C16H16N4O2S2/c1-2-5-10-8-13(21)19-15(17-10)23-9-14(22)20-16-18-11-6-3-4-7-12(11)24-16/h3-4,6-8H,2,5,9H2,1H3,(H,17,19,21)(H,18,20,22). The zero-order valence-corrected chi connectivity index (χ0v) is 14.7. The predicted octanol–water partition coefficient (Wildman–Crippen LogP) is 3.06. The third-order valence-corrected chi connectivity index (χ3v) is 4.98. The van der Waals surface area contributed by atoms with Crippen molar-refractivity contribution in [3.05, 3.63) is 46.4 Å². The molecule has 3 rings (SSSR count). The number of aromatic nitrogens is 3. The van der Waals surface area contributed by atoms with Gasteiger partial charge in [0.1, 0.15) is 0 Å². The molecule has 0 aliphatic carbocycles. The predicted molar refractivity (Wildman–Crippen MR) is 97.8 cm³/mol. The Bertz CT molecular complexity index is 887. The number of rotatable bonds is 6. The molecule has 8 heteroatoms. The first-order valence-corrected chi connectivity index (χ1v) is 9.32. The van der Waals surface area contributed by atoms with Gasteiger partial charge < -0.3 is 10.3 Å². The van der Waals surface area contributed by atoms with Crippen molar-refractivity contribution in [2.45, 2.75) is 24.9 Å². The van der Waals surface area contributed by atoms with Crippen LogP contribution in [0.1, 0.15) is 19.0 Å². The van der Waals surface area contributed by atoms with Crippen LogP contribution >= 0.6 is 23.1 Å². The van der Waals surface area contributed by atoms with E-state index in [1.807, 2.05) is 31.2 Å². The minimum absolute atomic E-state index is 0.161. The van der Waals surface area contributed by atoms with E-state index in [4.69, 9.17) is 0 Å². The SMILES string of the molecule is CCCc1cc(=O)[nH]c(SCC(=O)Nc2nc3ccccc3s2)n1. The van der Waals surface area contributed by atoms with Gasteiger partial charge in [-0.15, -0.1) is 0 Å². The van der Waals surface area contributed by atoms with Crippen LogP contribution < -0.4 is 10.9 Å². The van der Waals surface area contributed by atoms with Crippen LogP contribution in [0, 0.1) is 0 Å². The van der Waals surface area contributed by atoms with E-state index < -0.39 is 0 Å². The molecule has 24 heavy (non-hydrogen) atoms. The fourth-order valence-corrected chi connectivity index (χ4v) is 3.73. The van der Waals surface area contributed by atoms with Crippen molar-refractivity contribution < 1.29 is 4.79 Å². The smallest absolute Gasteiger partial charge is 0.251 e. The van der Waals surface area contributed by atoms with Gasteiger partial charge in [0.25, 0.3) is 5.56 Å². The molecule has 6 nitrogen and oxygen atoms in total. The monoisotopic (exact) mass is 360 g/mol. The molecule has 0 saturated carbocycles. The van der Waals surface area contributed by atoms with E-state index in [1.54, 1.807) is 0 Å². The van der Waals surface area contributed by atoms with Gasteiger partial charge in [-0.25, -0.2) is 9.97 Å². The highest BCUT2D eigenvalue weighted by atomic mass is 32.2. The van der Waals surface area contributed by atoms with E-state index in [2.05, 4.69) is 20.3 Å². The summed E-state index contributed by atoms with van der Waals surface area (Å²) >= 11 is 2.64. The maximum atomic E-state index is 12.1. The number of carbonyl (C=O) groups excluding carboxylic acids is 1. The van der Waals surface area contributed by atoms with Crippen LogP contribution in [0.15, 0.2) is 40.3 Å². The van der Waals surface area contributed by atoms with Gasteiger partial charge in [-0.1, -0.05) is 48.6 Å². The number of thiazole rings is 1. The second-order valence-corrected chi connectivity index (χ2v) is 7.11. The van der Waals surface area contributed by atoms with E-state index >= 15 is 0 Å². The number of H-pyrrole nitrogens is 1. The van der Waals surface area contributed by atoms with E-state index in [1.165, 1.54) is 29.2 Å². The van der Waals surface area contributed by atoms with Crippen LogP contribution in [-0.2, 0) is 11.2 Å². The van der Waals surface area contributed by atoms with Crippen molar-refractivity contribution in [2.75, 3.05) is 11.1 Å². The molecule has 2 heterocycles. The van der Waals surface area contributed by atoms with E-state index in [9.17, 15) is 9.59 Å². The Balaban J connectivity index is 1.62. The average molecular weight is 360 g/mol. The maximum absolute atomic E-state index is 12.1. The fourth-order valence-electron chi connectivity index (χ4n) is 2.15. The molecular formula is C16H16N4O2S2. The number of fused-ring (bicyclic) bond motifs is 1. The highest BCUT2D eigenvalue weighted by molar-refractivity contribution is 7.99. The molecule has 0 aliphatic heterocycles. The Morgan fingerprint density at radius 3 is 2.96 bits per heavy atom. The number of nitrogens with zero attached hydrogens (tertiary/aromatic N) is 2. The van der Waals surface area contributed by atoms with Crippen molar-refractivity contribution in [3.63, 3.8) is 0 Å². The normalized spacial score (nSPS) is 10.9. The van der Waals surface area contributed by atoms with Crippen LogP contribution in [0.4, 0.5) is 5.13 Å². The first-order chi connectivity index (χ1) is 11.6. The third-order valence-electron chi connectivity index (χ3n) is 3.16. The minimum Gasteiger partial charge on any atom is -0.301 e. The number of nitrogens with one attached hydrogen (secondary N) is 2. The van der Waals surface area contributed by atoms with Gasteiger partial charge in [-0.05, 0) is 18.6 Å². The molecule has 1 amide bonds. The molecule has 0 fully saturated rings. The number of hydrogen-bond donors (Lipinski definition) is 2. The van der Waals surface area contributed by atoms with Crippen molar-refractivity contribution in [1.82, 2.24) is 15.0 Å². The Kier molecular flexibility index (Phi) is 5.27. The number of aromatic amines is 1. The van der Waals surface area contributed by atoms with E-state index in [0.29, 0.717) is 10.3 Å². The number of carbonyl (C=O) groups is 1. The van der Waals surface area contributed by atoms with E-state index in [0.717, 1.165) is 28.8 Å². The Morgan fingerprint density at radius 2 is 2.17 bits per heavy atom. The zero-order chi connectivity index (χ0) is 16.9. The number of aryl methyl sites for hydroxylation is 1. The molecule has 0 radical (unpaired) electrons. The van der Waals surface area contributed by atoms with Gasteiger partial charge in [-0.3, -0.25) is 9.59 Å². The van der Waals surface area contributed by atoms with Crippen molar-refractivity contribution in [3.8, 4) is 0 Å². The number of para-hydroxylation sites is 1. The Labute approximate surface area is 146 Å². The maximum Gasteiger partial charge on any atom is 0.251 e. The molecule has 0 spiro atoms. The number of anilines is 1. The van der Waals surface area contributed by atoms with Crippen molar-refractivity contribution in [2.24, 2.45) is 0 Å². The highest BCUT2D eigenvalue weighted by Gasteiger charge is 2.09. The quantitative estimate of drug-likeness (QED) is 0.521. The van der Waals surface area contributed by atoms with Gasteiger partial charge in [0, 0.05) is 11.8 Å². The summed E-state index contributed by atoms with van der Waals surface area (Å²) in [4.78, 5) is 35.0. The number of thioether (sulfide) groups is 1. The lowest BCUT2D eigenvalue weighted by atomic mass is 10.2. The molecule has 0 saturated heterocycles. The third kappa shape index (κ3) is 4.21. The van der Waals surface area contributed by atoms with Crippen LogP contribution in [0.25, 0.3) is 10.2 Å². The van der Waals surface area contributed by atoms with Gasteiger partial charge in [-0.2, -0.15) is 0 Å². The summed E-state index contributed by atoms with van der Waals surface area (Å²) in [5.41, 5.74) is 1.42. The first-order valence-electron chi connectivity index (χ1n) is 7.52. The molecule has 1 aromatic carbocycles. The molecular weight excluding hydrogens is 344 g/mol. The number of amides is 1. The summed E-state index contributed by atoms with van der Waals surface area (Å²) in [6, 6.07) is 9.21. The highest BCUT2D eigenvalue weighted by Crippen LogP contribution is 2.25. The van der Waals surface area contributed by atoms with E-state index in [-0.39, 0.29) is 17.2 Å². The first kappa shape index (κ1) is 16.7. The molecule has 2 N–H and O–H groups in total. The summed E-state index contributed by atoms with van der Waals surface area (Å²) < 4.78 is 1.03. The van der Waals surface area contributed by atoms with Crippen LogP contribution in [-0.4, -0.2) is 26.6 Å². The van der Waals surface area contributed by atoms with Crippen LogP contribution in [0.5, 0.6) is 0 Å². The average Bonchev–Trinajstić information content (AvgIpc) is 2.95. The molecule has 3 aromatic rings. The lowest BCUT2D eigenvalue weighted by molar-refractivity contribution is -0.113. The Morgan fingerprint density at radius 1 is 1.33 bits per heavy atom. The van der Waals surface area contributed by atoms with Crippen molar-refractivity contribution in [1.29, 1.82) is 0 Å². The molecule has 2 aromatic heterocycles. The molecule has 0 bridgehead atoms. The van der Waals surface area contributed by atoms with Gasteiger partial charge in [0.2, 0.25) is 5.91 Å². The largest absolute Gasteiger partial charge is 0.301 e. The topological polar surface area (TPSA) is 87.7 Å². The number of hydrogen-bond acceptors (Lipinski definition) is 6. The zero-order valence-electron chi connectivity index (χ0n) is 13.0. The lowest BCUT2D eigenvalue weighted by Crippen LogP contribution is -2.15. The summed E-state index contributed by atoms with van der Waals surface area (Å²) in [7, 11) is 0. The fraction of sp³-hybridized carbons (Fsp3) is 0.250. The van der Waals surface area contributed by atoms with Crippen LogP contribution in [0.3, 0.4) is 0 Å². The van der Waals surface area contributed by atoms with Gasteiger partial charge in [0.15, 0.2) is 10.3 Å². The molecule has 0 unspecified atom stereocenters. The van der Waals surface area contributed by atoms with Crippen LogP contribution in [0.2, 0.25) is 0 Å². The molecule has 0 aliphatic rings. The summed E-state index contributed by atoms with van der Waals surface area (Å²) in [6.45, 7) is 2.03. The molecule has 124 valence electrons. The Hall–Kier alpha value is -2.19. The minimum atomic E-state index is -0.192. The lowest BCUT2D eigenvalue weighted by Gasteiger charge is -2.03. The summed E-state index contributed by atoms with van der Waals surface area (Å²) in [5, 5.41) is 3.82. The second-order valence-electron chi connectivity index (χ2n) is 5.12. The number of benzene rings is 1. The van der Waals surface area contributed by atoms with Crippen molar-refractivity contribution >= 4 is 44.4 Å². The molecule has 0 atom stereocenters. The van der Waals surface area contributed by atoms with Gasteiger partial charge >= 0.3 is 0 Å². The van der Waals surface area contributed by atoms with Gasteiger partial charge in [0.05, 0.1) is 16.0 Å².